The van der Waals surface area contributed by atoms with Gasteiger partial charge in [0, 0.05) is 18.3 Å². The predicted octanol–water partition coefficient (Wildman–Crippen LogP) is 4.56. The summed E-state index contributed by atoms with van der Waals surface area (Å²) in [4.78, 5) is 10.3. The Bertz CT molecular complexity index is 708. The Kier molecular flexibility index (Phi) is 4.52. The maximum atomic E-state index is 13.3. The second kappa shape index (κ2) is 6.17. The average Bonchev–Trinajstić information content (AvgIpc) is 2.41. The van der Waals surface area contributed by atoms with Gasteiger partial charge in [-0.05, 0) is 52.7 Å². The molecular weight excluding hydrogens is 346 g/mol. The van der Waals surface area contributed by atoms with Crippen molar-refractivity contribution in [3.05, 3.63) is 67.7 Å². The molecule has 1 N–H and O–H groups in total. The van der Waals surface area contributed by atoms with E-state index in [2.05, 4.69) is 21.2 Å². The second-order valence-electron chi connectivity index (χ2n) is 4.46. The van der Waals surface area contributed by atoms with Crippen LogP contribution in [-0.4, -0.2) is 4.92 Å². The zero-order valence-electron chi connectivity index (χ0n) is 11.0. The third-order valence-electron chi connectivity index (χ3n) is 2.97. The number of halogens is 3. The molecule has 0 amide bonds. The number of hydrogen-bond acceptors (Lipinski definition) is 3. The molecule has 0 heterocycles. The zero-order valence-corrected chi connectivity index (χ0v) is 12.6. The highest BCUT2D eigenvalue weighted by atomic mass is 79.9. The van der Waals surface area contributed by atoms with Crippen LogP contribution in [-0.2, 0) is 6.54 Å². The van der Waals surface area contributed by atoms with Crippen LogP contribution >= 0.6 is 15.9 Å². The predicted molar refractivity (Wildman–Crippen MR) is 79.2 cm³/mol. The van der Waals surface area contributed by atoms with Crippen molar-refractivity contribution in [2.75, 3.05) is 5.32 Å². The first-order chi connectivity index (χ1) is 9.88. The molecule has 7 heteroatoms. The summed E-state index contributed by atoms with van der Waals surface area (Å²) in [7, 11) is 0. The lowest BCUT2D eigenvalue weighted by atomic mass is 10.1. The third-order valence-corrected chi connectivity index (χ3v) is 3.58. The van der Waals surface area contributed by atoms with E-state index >= 15 is 0 Å². The van der Waals surface area contributed by atoms with Gasteiger partial charge >= 0.3 is 0 Å². The van der Waals surface area contributed by atoms with Gasteiger partial charge in [-0.3, -0.25) is 10.1 Å². The van der Waals surface area contributed by atoms with Gasteiger partial charge in [0.15, 0.2) is 0 Å². The van der Waals surface area contributed by atoms with Crippen molar-refractivity contribution in [2.45, 2.75) is 13.5 Å². The van der Waals surface area contributed by atoms with Crippen LogP contribution in [0, 0.1) is 28.7 Å². The molecule has 2 aromatic rings. The number of nitro benzene ring substituents is 1. The molecule has 0 aliphatic rings. The second-order valence-corrected chi connectivity index (χ2v) is 5.32. The average molecular weight is 357 g/mol. The quantitative estimate of drug-likeness (QED) is 0.645. The van der Waals surface area contributed by atoms with Crippen molar-refractivity contribution < 1.29 is 13.7 Å². The number of benzene rings is 2. The van der Waals surface area contributed by atoms with Gasteiger partial charge in [0.05, 0.1) is 15.0 Å². The summed E-state index contributed by atoms with van der Waals surface area (Å²) in [6, 6.07) is 6.16. The van der Waals surface area contributed by atoms with Crippen molar-refractivity contribution in [3.63, 3.8) is 0 Å². The first-order valence-corrected chi connectivity index (χ1v) is 6.80. The van der Waals surface area contributed by atoms with Gasteiger partial charge in [-0.15, -0.1) is 0 Å². The maximum Gasteiger partial charge on any atom is 0.274 e. The van der Waals surface area contributed by atoms with Crippen molar-refractivity contribution >= 4 is 27.3 Å². The highest BCUT2D eigenvalue weighted by molar-refractivity contribution is 9.10. The molecule has 0 atom stereocenters. The Labute approximate surface area is 128 Å². The van der Waals surface area contributed by atoms with Gasteiger partial charge in [0.1, 0.15) is 11.6 Å². The number of rotatable bonds is 4. The topological polar surface area (TPSA) is 55.2 Å². The van der Waals surface area contributed by atoms with Gasteiger partial charge in [-0.25, -0.2) is 8.78 Å². The van der Waals surface area contributed by atoms with E-state index < -0.39 is 16.6 Å². The zero-order chi connectivity index (χ0) is 15.6. The molecule has 0 saturated carbocycles. The van der Waals surface area contributed by atoms with Gasteiger partial charge in [0.25, 0.3) is 5.69 Å². The summed E-state index contributed by atoms with van der Waals surface area (Å²) in [5, 5.41) is 13.9. The number of hydrogen-bond donors (Lipinski definition) is 1. The number of aryl methyl sites for hydroxylation is 1. The number of nitrogens with one attached hydrogen (secondary N) is 1. The Morgan fingerprint density at radius 1 is 1.29 bits per heavy atom. The molecule has 0 aromatic heterocycles. The summed E-state index contributed by atoms with van der Waals surface area (Å²) >= 11 is 3.07. The standard InChI is InChI=1S/C14H11BrF2N2O2/c1-8-4-12(17)11(15)6-13(8)18-7-9-5-10(16)2-3-14(9)19(20)21/h2-6,18H,7H2,1H3. The van der Waals surface area contributed by atoms with Crippen molar-refractivity contribution in [2.24, 2.45) is 0 Å². The molecule has 2 rings (SSSR count). The molecule has 0 saturated heterocycles. The summed E-state index contributed by atoms with van der Waals surface area (Å²) in [6.07, 6.45) is 0. The number of nitro groups is 1. The molecule has 2 aromatic carbocycles. The van der Waals surface area contributed by atoms with Crippen LogP contribution in [0.5, 0.6) is 0 Å². The first-order valence-electron chi connectivity index (χ1n) is 6.01. The Hall–Kier alpha value is -2.02. The molecule has 110 valence electrons. The van der Waals surface area contributed by atoms with Crippen LogP contribution in [0.15, 0.2) is 34.8 Å². The lowest BCUT2D eigenvalue weighted by Crippen LogP contribution is -2.05. The summed E-state index contributed by atoms with van der Waals surface area (Å²) in [5.41, 5.74) is 1.32. The molecule has 0 bridgehead atoms. The smallest absolute Gasteiger partial charge is 0.274 e. The minimum absolute atomic E-state index is 0.0625. The lowest BCUT2D eigenvalue weighted by molar-refractivity contribution is -0.385. The Balaban J connectivity index is 2.26. The minimum Gasteiger partial charge on any atom is -0.380 e. The molecule has 0 fully saturated rings. The minimum atomic E-state index is -0.566. The van der Waals surface area contributed by atoms with Gasteiger partial charge in [0.2, 0.25) is 0 Å². The highest BCUT2D eigenvalue weighted by Crippen LogP contribution is 2.26. The lowest BCUT2D eigenvalue weighted by Gasteiger charge is -2.11. The van der Waals surface area contributed by atoms with E-state index in [1.807, 2.05) is 0 Å². The van der Waals surface area contributed by atoms with Crippen LogP contribution < -0.4 is 5.32 Å². The normalized spacial score (nSPS) is 10.5. The van der Waals surface area contributed by atoms with E-state index in [9.17, 15) is 18.9 Å². The molecule has 0 unspecified atom stereocenters. The van der Waals surface area contributed by atoms with E-state index in [0.29, 0.717) is 11.3 Å². The molecule has 4 nitrogen and oxygen atoms in total. The molecule has 0 radical (unpaired) electrons. The highest BCUT2D eigenvalue weighted by Gasteiger charge is 2.14. The van der Waals surface area contributed by atoms with Crippen LogP contribution in [0.3, 0.4) is 0 Å². The fourth-order valence-electron chi connectivity index (χ4n) is 1.90. The van der Waals surface area contributed by atoms with E-state index in [1.54, 1.807) is 6.92 Å². The summed E-state index contributed by atoms with van der Waals surface area (Å²) < 4.78 is 26.8. The van der Waals surface area contributed by atoms with E-state index in [4.69, 9.17) is 0 Å². The van der Waals surface area contributed by atoms with Crippen LogP contribution in [0.25, 0.3) is 0 Å². The van der Waals surface area contributed by atoms with Gasteiger partial charge < -0.3 is 5.32 Å². The Morgan fingerprint density at radius 3 is 2.67 bits per heavy atom. The van der Waals surface area contributed by atoms with Crippen LogP contribution in [0.4, 0.5) is 20.2 Å². The van der Waals surface area contributed by atoms with E-state index in [1.165, 1.54) is 12.1 Å². The van der Waals surface area contributed by atoms with Crippen molar-refractivity contribution in [3.8, 4) is 0 Å². The molecule has 0 spiro atoms. The summed E-state index contributed by atoms with van der Waals surface area (Å²) in [5.74, 6) is -0.941. The van der Waals surface area contributed by atoms with E-state index in [0.717, 1.165) is 18.2 Å². The molecule has 21 heavy (non-hydrogen) atoms. The fraction of sp³-hybridized carbons (Fsp3) is 0.143. The Morgan fingerprint density at radius 2 is 2.00 bits per heavy atom. The number of anilines is 1. The maximum absolute atomic E-state index is 13.3. The molecular formula is C14H11BrF2N2O2. The van der Waals surface area contributed by atoms with Crippen molar-refractivity contribution in [1.29, 1.82) is 0 Å². The largest absolute Gasteiger partial charge is 0.380 e. The third kappa shape index (κ3) is 3.55. The van der Waals surface area contributed by atoms with Crippen LogP contribution in [0.2, 0.25) is 0 Å². The fourth-order valence-corrected chi connectivity index (χ4v) is 2.24. The molecule has 0 aliphatic heterocycles. The van der Waals surface area contributed by atoms with Crippen LogP contribution in [0.1, 0.15) is 11.1 Å². The molecule has 0 aliphatic carbocycles. The van der Waals surface area contributed by atoms with E-state index in [-0.39, 0.29) is 22.3 Å². The van der Waals surface area contributed by atoms with Gasteiger partial charge in [-0.1, -0.05) is 0 Å². The first kappa shape index (κ1) is 15.4. The van der Waals surface area contributed by atoms with Crippen molar-refractivity contribution in [1.82, 2.24) is 0 Å². The SMILES string of the molecule is Cc1cc(F)c(Br)cc1NCc1cc(F)ccc1[N+](=O)[O-]. The number of nitrogens with zero attached hydrogens (tertiary/aromatic N) is 1. The monoisotopic (exact) mass is 356 g/mol. The van der Waals surface area contributed by atoms with Gasteiger partial charge in [-0.2, -0.15) is 0 Å². The summed E-state index contributed by atoms with van der Waals surface area (Å²) in [6.45, 7) is 1.77.